The van der Waals surface area contributed by atoms with E-state index in [1.54, 1.807) is 60.9 Å². The molecular weight excluding hydrogens is 638 g/mol. The number of rotatable bonds is 4. The SMILES string of the molecule is O=C(c1ccccc1)c1ccccn1.O=C(c1ccccc1)c1ccccn1.[Co+2].[O-][Cl+3]([O-])([O-])[O-].[O-][Cl+3]([O-])([O-])[O-].[OH3+].[OH3+]. The fraction of sp³-hybridized carbons (Fsp3) is 0. The molecular formula is C24H24Cl2CoN2O12+2. The Kier molecular flexibility index (Phi) is 22.2. The predicted molar refractivity (Wildman–Crippen MR) is 118 cm³/mol. The van der Waals surface area contributed by atoms with Gasteiger partial charge in [0.2, 0.25) is 11.6 Å². The molecule has 0 saturated carbocycles. The van der Waals surface area contributed by atoms with Crippen molar-refractivity contribution in [2.45, 2.75) is 0 Å². The summed E-state index contributed by atoms with van der Waals surface area (Å²) in [6.45, 7) is 0. The van der Waals surface area contributed by atoms with Gasteiger partial charge in [-0.1, -0.05) is 72.8 Å². The maximum atomic E-state index is 11.8. The number of carbonyl (C=O) groups is 2. The monoisotopic (exact) mass is 661 g/mol. The number of hydrogen-bond donors (Lipinski definition) is 0. The second kappa shape index (κ2) is 21.5. The zero-order valence-electron chi connectivity index (χ0n) is 20.6. The van der Waals surface area contributed by atoms with E-state index in [-0.39, 0.29) is 39.3 Å². The third-order valence-electron chi connectivity index (χ3n) is 3.87. The van der Waals surface area contributed by atoms with Crippen LogP contribution in [0.3, 0.4) is 0 Å². The Morgan fingerprint density at radius 1 is 0.463 bits per heavy atom. The van der Waals surface area contributed by atoms with Gasteiger partial charge in [0.1, 0.15) is 11.4 Å². The van der Waals surface area contributed by atoms with E-state index in [1.165, 1.54) is 0 Å². The summed E-state index contributed by atoms with van der Waals surface area (Å²) in [5, 5.41) is 0. The van der Waals surface area contributed by atoms with Crippen molar-refractivity contribution in [1.82, 2.24) is 9.97 Å². The van der Waals surface area contributed by atoms with E-state index in [0.717, 1.165) is 0 Å². The Bertz CT molecular complexity index is 1040. The van der Waals surface area contributed by atoms with Gasteiger partial charge in [0.25, 0.3) is 0 Å². The average Bonchev–Trinajstić information content (AvgIpc) is 2.88. The van der Waals surface area contributed by atoms with E-state index >= 15 is 0 Å². The number of hydrogen-bond acceptors (Lipinski definition) is 12. The molecule has 2 aromatic carbocycles. The molecule has 0 aliphatic rings. The zero-order chi connectivity index (χ0) is 28.6. The molecule has 0 spiro atoms. The molecule has 0 aliphatic heterocycles. The summed E-state index contributed by atoms with van der Waals surface area (Å²) in [5.41, 5.74) is 2.31. The van der Waals surface area contributed by atoms with Gasteiger partial charge in [-0.25, -0.2) is 37.3 Å². The summed E-state index contributed by atoms with van der Waals surface area (Å²) in [6.07, 6.45) is 3.24. The molecule has 0 aliphatic carbocycles. The van der Waals surface area contributed by atoms with Crippen LogP contribution in [0, 0.1) is 20.5 Å². The minimum absolute atomic E-state index is 0. The van der Waals surface area contributed by atoms with Gasteiger partial charge in [-0.15, -0.1) is 20.5 Å². The zero-order valence-corrected chi connectivity index (χ0v) is 23.2. The minimum atomic E-state index is -4.94. The summed E-state index contributed by atoms with van der Waals surface area (Å²) < 4.78 is 67.9. The Hall–Kier alpha value is -3.23. The fourth-order valence-electron chi connectivity index (χ4n) is 2.47. The predicted octanol–water partition coefficient (Wildman–Crippen LogP) is -6.73. The maximum Gasteiger partial charge on any atom is 2.00 e. The van der Waals surface area contributed by atoms with Gasteiger partial charge in [-0.3, -0.25) is 19.6 Å². The van der Waals surface area contributed by atoms with Gasteiger partial charge < -0.3 is 11.0 Å². The van der Waals surface area contributed by atoms with Gasteiger partial charge in [0.05, 0.1) is 0 Å². The van der Waals surface area contributed by atoms with Crippen LogP contribution in [-0.2, 0) is 27.7 Å². The van der Waals surface area contributed by atoms with Crippen LogP contribution >= 0.6 is 0 Å². The van der Waals surface area contributed by atoms with Crippen molar-refractivity contribution in [2.75, 3.05) is 0 Å². The molecule has 17 heteroatoms. The molecule has 0 amide bonds. The van der Waals surface area contributed by atoms with E-state index in [9.17, 15) is 9.59 Å². The molecule has 2 heterocycles. The van der Waals surface area contributed by atoms with Crippen molar-refractivity contribution in [3.63, 3.8) is 0 Å². The van der Waals surface area contributed by atoms with Crippen LogP contribution in [0.5, 0.6) is 0 Å². The van der Waals surface area contributed by atoms with Crippen molar-refractivity contribution < 1.29 is 95.1 Å². The van der Waals surface area contributed by atoms with Gasteiger partial charge in [-0.2, -0.15) is 0 Å². The second-order valence-electron chi connectivity index (χ2n) is 6.58. The standard InChI is InChI=1S/2C12H9NO.2ClHO4.Co.2H2O/c2*14-12(10-6-2-1-3-7-10)11-8-4-5-9-13-11;2*2-1(3,4)5;;;/h2*1-9H;2*(H,2,3,4,5);;2*1H2/q;;;;+2;;. The molecule has 1 radical (unpaired) electrons. The molecule has 2 aromatic heterocycles. The Morgan fingerprint density at radius 3 is 0.927 bits per heavy atom. The number of aromatic nitrogens is 2. The molecule has 0 fully saturated rings. The number of carbonyl (C=O) groups excluding carboxylic acids is 2. The van der Waals surface area contributed by atoms with Crippen molar-refractivity contribution in [3.8, 4) is 0 Å². The Morgan fingerprint density at radius 2 is 0.707 bits per heavy atom. The first-order valence-corrected chi connectivity index (χ1v) is 12.5. The Balaban J connectivity index is -0.000000507. The van der Waals surface area contributed by atoms with Crippen molar-refractivity contribution in [2.24, 2.45) is 0 Å². The number of nitrogens with zero attached hydrogens (tertiary/aromatic N) is 2. The number of ketones is 2. The molecule has 6 N–H and O–H groups in total. The molecule has 0 atom stereocenters. The topological polar surface area (TPSA) is 310 Å². The quantitative estimate of drug-likeness (QED) is 0.145. The maximum absolute atomic E-state index is 11.8. The first-order chi connectivity index (χ1) is 17.8. The first-order valence-electron chi connectivity index (χ1n) is 10.0. The molecule has 14 nitrogen and oxygen atoms in total. The van der Waals surface area contributed by atoms with Crippen molar-refractivity contribution >= 4 is 11.6 Å². The van der Waals surface area contributed by atoms with Crippen LogP contribution in [0.15, 0.2) is 109 Å². The van der Waals surface area contributed by atoms with Gasteiger partial charge in [0, 0.05) is 23.5 Å². The number of benzene rings is 2. The van der Waals surface area contributed by atoms with Crippen LogP contribution in [-0.4, -0.2) is 21.5 Å². The smallest absolute Gasteiger partial charge is 0.457 e. The number of pyridine rings is 2. The van der Waals surface area contributed by atoms with Crippen molar-refractivity contribution in [3.05, 3.63) is 132 Å². The van der Waals surface area contributed by atoms with Crippen LogP contribution in [0.25, 0.3) is 0 Å². The summed E-state index contributed by atoms with van der Waals surface area (Å²) >= 11 is 0. The molecule has 0 saturated heterocycles. The van der Waals surface area contributed by atoms with Crippen molar-refractivity contribution in [1.29, 1.82) is 0 Å². The normalized spacial score (nSPS) is 9.56. The molecule has 0 bridgehead atoms. The van der Waals surface area contributed by atoms with Gasteiger partial charge in [-0.05, 0) is 24.3 Å². The fourth-order valence-corrected chi connectivity index (χ4v) is 2.47. The van der Waals surface area contributed by atoms with Crippen LogP contribution in [0.2, 0.25) is 0 Å². The summed E-state index contributed by atoms with van der Waals surface area (Å²) in [6, 6.07) is 28.9. The second-order valence-corrected chi connectivity index (χ2v) is 8.09. The number of halogens is 2. The third-order valence-corrected chi connectivity index (χ3v) is 3.87. The van der Waals surface area contributed by atoms with E-state index in [2.05, 4.69) is 9.97 Å². The first kappa shape index (κ1) is 42.2. The molecule has 4 rings (SSSR count). The minimum Gasteiger partial charge on any atom is -0.457 e. The van der Waals surface area contributed by atoms with E-state index in [0.29, 0.717) is 22.5 Å². The van der Waals surface area contributed by atoms with Gasteiger partial charge in [0.15, 0.2) is 0 Å². The third kappa shape index (κ3) is 22.2. The molecule has 0 unspecified atom stereocenters. The van der Waals surface area contributed by atoms with E-state index < -0.39 is 20.5 Å². The van der Waals surface area contributed by atoms with Crippen LogP contribution in [0.1, 0.15) is 32.1 Å². The Labute approximate surface area is 248 Å². The van der Waals surface area contributed by atoms with Crippen LogP contribution < -0.4 is 37.3 Å². The molecule has 41 heavy (non-hydrogen) atoms. The molecule has 223 valence electrons. The summed E-state index contributed by atoms with van der Waals surface area (Å²) in [7, 11) is -9.89. The molecule has 4 aromatic rings. The van der Waals surface area contributed by atoms with Crippen LogP contribution in [0.4, 0.5) is 0 Å². The summed E-state index contributed by atoms with van der Waals surface area (Å²) in [5.74, 6) is -0.0719. The van der Waals surface area contributed by atoms with Gasteiger partial charge >= 0.3 is 16.8 Å². The summed E-state index contributed by atoms with van der Waals surface area (Å²) in [4.78, 5) is 31.6. The van der Waals surface area contributed by atoms with E-state index in [4.69, 9.17) is 37.3 Å². The largest absolute Gasteiger partial charge is 2.00 e. The average molecular weight is 662 g/mol. The van der Waals surface area contributed by atoms with E-state index in [1.807, 2.05) is 48.5 Å².